The molecule has 3 aliphatic rings. The minimum Gasteiger partial charge on any atom is -0.313 e. The maximum absolute atomic E-state index is 4.29. The molecule has 2 bridgehead atoms. The SMILES string of the molecule is C/C(=C/c1nccs1)C1C2CNC1C2. The minimum absolute atomic E-state index is 0.760. The lowest BCUT2D eigenvalue weighted by molar-refractivity contribution is 0.259. The van der Waals surface area contributed by atoms with E-state index in [2.05, 4.69) is 23.3 Å². The first-order valence-corrected chi connectivity index (χ1v) is 6.03. The van der Waals surface area contributed by atoms with E-state index >= 15 is 0 Å². The first-order chi connectivity index (χ1) is 6.84. The molecule has 0 aromatic carbocycles. The van der Waals surface area contributed by atoms with Crippen LogP contribution in [-0.4, -0.2) is 17.6 Å². The maximum atomic E-state index is 4.29. The van der Waals surface area contributed by atoms with Gasteiger partial charge in [0.05, 0.1) is 0 Å². The molecule has 0 amide bonds. The average molecular weight is 206 g/mol. The zero-order chi connectivity index (χ0) is 9.54. The van der Waals surface area contributed by atoms with Gasteiger partial charge in [0, 0.05) is 17.6 Å². The molecule has 3 atom stereocenters. The number of fused-ring (bicyclic) bond motifs is 1. The van der Waals surface area contributed by atoms with Crippen molar-refractivity contribution in [3.05, 3.63) is 22.2 Å². The second-order valence-corrected chi connectivity index (χ2v) is 5.22. The molecule has 1 saturated carbocycles. The molecule has 2 nitrogen and oxygen atoms in total. The molecule has 1 aliphatic carbocycles. The summed E-state index contributed by atoms with van der Waals surface area (Å²) in [4.78, 5) is 4.29. The van der Waals surface area contributed by atoms with Gasteiger partial charge in [-0.3, -0.25) is 0 Å². The number of hydrogen-bond donors (Lipinski definition) is 1. The Labute approximate surface area is 88.1 Å². The van der Waals surface area contributed by atoms with Gasteiger partial charge in [-0.05, 0) is 37.8 Å². The number of hydrogen-bond acceptors (Lipinski definition) is 3. The summed E-state index contributed by atoms with van der Waals surface area (Å²) >= 11 is 1.72. The second kappa shape index (κ2) is 3.17. The molecule has 0 radical (unpaired) electrons. The van der Waals surface area contributed by atoms with E-state index in [-0.39, 0.29) is 0 Å². The third-order valence-corrected chi connectivity index (χ3v) is 4.19. The number of rotatable bonds is 2. The second-order valence-electron chi connectivity index (χ2n) is 4.30. The van der Waals surface area contributed by atoms with Crippen LogP contribution >= 0.6 is 11.3 Å². The Morgan fingerprint density at radius 1 is 1.71 bits per heavy atom. The van der Waals surface area contributed by atoms with E-state index in [1.165, 1.54) is 18.5 Å². The van der Waals surface area contributed by atoms with Crippen LogP contribution in [0.25, 0.3) is 6.08 Å². The largest absolute Gasteiger partial charge is 0.313 e. The molecule has 3 heterocycles. The molecule has 74 valence electrons. The highest BCUT2D eigenvalue weighted by Crippen LogP contribution is 2.44. The fourth-order valence-electron chi connectivity index (χ4n) is 2.76. The average Bonchev–Trinajstić information content (AvgIpc) is 2.77. The van der Waals surface area contributed by atoms with Crippen LogP contribution in [0.5, 0.6) is 0 Å². The molecule has 1 aromatic heterocycles. The number of aromatic nitrogens is 1. The van der Waals surface area contributed by atoms with Crippen LogP contribution in [0.2, 0.25) is 0 Å². The lowest BCUT2D eigenvalue weighted by Crippen LogP contribution is -2.37. The molecule has 1 aromatic rings. The van der Waals surface area contributed by atoms with E-state index < -0.39 is 0 Å². The van der Waals surface area contributed by atoms with Gasteiger partial charge < -0.3 is 5.32 Å². The van der Waals surface area contributed by atoms with Gasteiger partial charge in [0.15, 0.2) is 0 Å². The molecule has 0 spiro atoms. The highest BCUT2D eigenvalue weighted by molar-refractivity contribution is 7.10. The Balaban J connectivity index is 1.80. The predicted octanol–water partition coefficient (Wildman–Crippen LogP) is 2.15. The summed E-state index contributed by atoms with van der Waals surface area (Å²) in [6, 6.07) is 0.760. The smallest absolute Gasteiger partial charge is 0.115 e. The number of nitrogens with zero attached hydrogens (tertiary/aromatic N) is 1. The summed E-state index contributed by atoms with van der Waals surface area (Å²) in [6.07, 6.45) is 5.51. The molecule has 2 saturated heterocycles. The lowest BCUT2D eigenvalue weighted by atomic mass is 9.70. The molecule has 3 unspecified atom stereocenters. The van der Waals surface area contributed by atoms with Crippen molar-refractivity contribution in [3.8, 4) is 0 Å². The van der Waals surface area contributed by atoms with Crippen molar-refractivity contribution in [3.63, 3.8) is 0 Å². The molecule has 2 aliphatic heterocycles. The molecular weight excluding hydrogens is 192 g/mol. The Morgan fingerprint density at radius 3 is 3.21 bits per heavy atom. The van der Waals surface area contributed by atoms with Crippen LogP contribution in [0.3, 0.4) is 0 Å². The molecule has 14 heavy (non-hydrogen) atoms. The van der Waals surface area contributed by atoms with Gasteiger partial charge in [0.25, 0.3) is 0 Å². The zero-order valence-corrected chi connectivity index (χ0v) is 9.05. The minimum atomic E-state index is 0.760. The van der Waals surface area contributed by atoms with Gasteiger partial charge >= 0.3 is 0 Å². The van der Waals surface area contributed by atoms with Crippen molar-refractivity contribution >= 4 is 17.4 Å². The lowest BCUT2D eigenvalue weighted by Gasteiger charge is -2.35. The van der Waals surface area contributed by atoms with Crippen LogP contribution in [0, 0.1) is 11.8 Å². The summed E-state index contributed by atoms with van der Waals surface area (Å²) in [5.41, 5.74) is 1.51. The highest BCUT2D eigenvalue weighted by atomic mass is 32.1. The van der Waals surface area contributed by atoms with Crippen LogP contribution < -0.4 is 5.32 Å². The summed E-state index contributed by atoms with van der Waals surface area (Å²) in [5, 5.41) is 6.73. The van der Waals surface area contributed by atoms with E-state index in [9.17, 15) is 0 Å². The van der Waals surface area contributed by atoms with Crippen LogP contribution in [0.4, 0.5) is 0 Å². The number of thiazole rings is 1. The van der Waals surface area contributed by atoms with Crippen molar-refractivity contribution in [2.75, 3.05) is 6.54 Å². The summed E-state index contributed by atoms with van der Waals surface area (Å²) in [7, 11) is 0. The van der Waals surface area contributed by atoms with Crippen molar-refractivity contribution in [2.45, 2.75) is 19.4 Å². The Kier molecular flexibility index (Phi) is 1.96. The summed E-state index contributed by atoms with van der Waals surface area (Å²) in [5.74, 6) is 1.69. The van der Waals surface area contributed by atoms with Crippen molar-refractivity contribution < 1.29 is 0 Å². The first-order valence-electron chi connectivity index (χ1n) is 5.15. The highest BCUT2D eigenvalue weighted by Gasteiger charge is 2.46. The van der Waals surface area contributed by atoms with E-state index in [0.717, 1.165) is 22.9 Å². The Bertz CT molecular complexity index is 341. The van der Waals surface area contributed by atoms with E-state index in [1.54, 1.807) is 11.3 Å². The van der Waals surface area contributed by atoms with Gasteiger partial charge in [-0.1, -0.05) is 5.57 Å². The molecule has 1 N–H and O–H groups in total. The normalized spacial score (nSPS) is 35.8. The van der Waals surface area contributed by atoms with E-state index in [4.69, 9.17) is 0 Å². The van der Waals surface area contributed by atoms with Crippen molar-refractivity contribution in [1.29, 1.82) is 0 Å². The Morgan fingerprint density at radius 2 is 2.64 bits per heavy atom. The van der Waals surface area contributed by atoms with Gasteiger partial charge in [-0.15, -0.1) is 11.3 Å². The van der Waals surface area contributed by atoms with Crippen LogP contribution in [-0.2, 0) is 0 Å². The molecular formula is C11H14N2S. The summed E-state index contributed by atoms with van der Waals surface area (Å²) in [6.45, 7) is 3.47. The molecule has 3 heteroatoms. The third kappa shape index (κ3) is 1.23. The van der Waals surface area contributed by atoms with Crippen molar-refractivity contribution in [1.82, 2.24) is 10.3 Å². The molecule has 3 fully saturated rings. The topological polar surface area (TPSA) is 24.9 Å². The van der Waals surface area contributed by atoms with Crippen LogP contribution in [0.15, 0.2) is 17.2 Å². The van der Waals surface area contributed by atoms with Gasteiger partial charge in [-0.25, -0.2) is 4.98 Å². The van der Waals surface area contributed by atoms with Gasteiger partial charge in [0.2, 0.25) is 0 Å². The monoisotopic (exact) mass is 206 g/mol. The van der Waals surface area contributed by atoms with Gasteiger partial charge in [-0.2, -0.15) is 0 Å². The van der Waals surface area contributed by atoms with Crippen LogP contribution in [0.1, 0.15) is 18.4 Å². The van der Waals surface area contributed by atoms with Gasteiger partial charge in [0.1, 0.15) is 5.01 Å². The molecule has 4 rings (SSSR count). The third-order valence-electron chi connectivity index (χ3n) is 3.47. The summed E-state index contributed by atoms with van der Waals surface area (Å²) < 4.78 is 0. The van der Waals surface area contributed by atoms with Crippen molar-refractivity contribution in [2.24, 2.45) is 11.8 Å². The quantitative estimate of drug-likeness (QED) is 0.802. The number of nitrogens with one attached hydrogen (secondary N) is 1. The zero-order valence-electron chi connectivity index (χ0n) is 8.23. The standard InChI is InChI=1S/C11H14N2S/c1-7(4-10-12-2-3-14-10)11-8-5-9(11)13-6-8/h2-4,8-9,11,13H,5-6H2,1H3/b7-4-. The maximum Gasteiger partial charge on any atom is 0.115 e. The first kappa shape index (κ1) is 8.62. The fourth-order valence-corrected chi connectivity index (χ4v) is 3.40. The van der Waals surface area contributed by atoms with E-state index in [1.807, 2.05) is 11.6 Å². The Hall–Kier alpha value is -0.670. The van der Waals surface area contributed by atoms with E-state index in [0.29, 0.717) is 0 Å². The predicted molar refractivity (Wildman–Crippen MR) is 59.2 cm³/mol. The fraction of sp³-hybridized carbons (Fsp3) is 0.545.